The van der Waals surface area contributed by atoms with Crippen molar-refractivity contribution in [3.05, 3.63) is 0 Å². The largest absolute Gasteiger partial charge is 0.370 e. The Morgan fingerprint density at radius 1 is 1.32 bits per heavy atom. The lowest BCUT2D eigenvalue weighted by molar-refractivity contribution is 0.132. The second-order valence-corrected chi connectivity index (χ2v) is 6.22. The van der Waals surface area contributed by atoms with Crippen molar-refractivity contribution in [1.29, 1.82) is 0 Å². The molecule has 2 aliphatic heterocycles. The molecule has 0 aromatic carbocycles. The molecule has 1 fully saturated rings. The highest BCUT2D eigenvalue weighted by Crippen LogP contribution is 2.35. The predicted octanol–water partition coefficient (Wildman–Crippen LogP) is 2.05. The zero-order chi connectivity index (χ0) is 13.9. The van der Waals surface area contributed by atoms with Gasteiger partial charge in [0.2, 0.25) is 0 Å². The van der Waals surface area contributed by atoms with E-state index in [4.69, 9.17) is 5.73 Å². The van der Waals surface area contributed by atoms with Crippen molar-refractivity contribution in [2.24, 2.45) is 10.7 Å². The quantitative estimate of drug-likeness (QED) is 0.847. The van der Waals surface area contributed by atoms with Crippen LogP contribution < -0.4 is 5.73 Å². The summed E-state index contributed by atoms with van der Waals surface area (Å²) in [7, 11) is 0. The van der Waals surface area contributed by atoms with Crippen LogP contribution in [-0.2, 0) is 0 Å². The Kier molecular flexibility index (Phi) is 4.71. The van der Waals surface area contributed by atoms with E-state index < -0.39 is 0 Å². The Bertz CT molecular complexity index is 328. The van der Waals surface area contributed by atoms with Crippen LogP contribution in [0.4, 0.5) is 0 Å². The van der Waals surface area contributed by atoms with Gasteiger partial charge in [-0.25, -0.2) is 0 Å². The van der Waals surface area contributed by atoms with Gasteiger partial charge in [-0.2, -0.15) is 0 Å². The summed E-state index contributed by atoms with van der Waals surface area (Å²) in [6, 6.07) is 0.504. The van der Waals surface area contributed by atoms with E-state index in [0.29, 0.717) is 6.04 Å². The molecule has 0 amide bonds. The number of nitrogens with zero attached hydrogens (tertiary/aromatic N) is 3. The third kappa shape index (κ3) is 2.88. The number of guanidine groups is 1. The molecule has 0 bridgehead atoms. The molecule has 1 spiro atoms. The van der Waals surface area contributed by atoms with Gasteiger partial charge in [-0.3, -0.25) is 4.99 Å². The van der Waals surface area contributed by atoms with E-state index in [2.05, 4.69) is 35.6 Å². The normalized spacial score (nSPS) is 30.5. The highest BCUT2D eigenvalue weighted by Gasteiger charge is 2.44. The molecule has 19 heavy (non-hydrogen) atoms. The second kappa shape index (κ2) is 6.12. The van der Waals surface area contributed by atoms with Crippen LogP contribution in [0.15, 0.2) is 4.99 Å². The Hall–Kier alpha value is -0.770. The number of likely N-dealkylation sites (tertiary alicyclic amines) is 1. The first-order chi connectivity index (χ1) is 9.13. The van der Waals surface area contributed by atoms with Gasteiger partial charge in [0.15, 0.2) is 5.96 Å². The number of hydrogen-bond acceptors (Lipinski definition) is 4. The number of nitrogens with two attached hydrogens (primary N) is 1. The van der Waals surface area contributed by atoms with Crippen LogP contribution >= 0.6 is 0 Å². The molecule has 2 rings (SSSR count). The molecule has 4 heteroatoms. The van der Waals surface area contributed by atoms with E-state index in [9.17, 15) is 0 Å². The first-order valence-electron chi connectivity index (χ1n) is 7.94. The Labute approximate surface area is 118 Å². The topological polar surface area (TPSA) is 44.9 Å². The minimum absolute atomic E-state index is 0.210. The number of aliphatic imine (C=N–C) groups is 1. The van der Waals surface area contributed by atoms with Gasteiger partial charge in [0.1, 0.15) is 0 Å². The van der Waals surface area contributed by atoms with Crippen molar-refractivity contribution in [2.45, 2.75) is 64.5 Å². The molecule has 1 saturated heterocycles. The highest BCUT2D eigenvalue weighted by atomic mass is 15.4. The zero-order valence-corrected chi connectivity index (χ0v) is 12.9. The average Bonchev–Trinajstić information content (AvgIpc) is 2.59. The third-order valence-corrected chi connectivity index (χ3v) is 4.87. The van der Waals surface area contributed by atoms with Crippen molar-refractivity contribution < 1.29 is 0 Å². The Balaban J connectivity index is 2.09. The maximum absolute atomic E-state index is 6.17. The standard InChI is InChI=1S/C15H30N4/c1-4-9-18-10-6-7-15(8-11-18)12-17-14(16)19(15)13(3)5-2/h13H,4-12H2,1-3H3,(H2,16,17). The number of rotatable bonds is 4. The smallest absolute Gasteiger partial charge is 0.192 e. The molecule has 0 aromatic heterocycles. The molecule has 2 N–H and O–H groups in total. The molecular formula is C15H30N4. The first kappa shape index (κ1) is 14.6. The van der Waals surface area contributed by atoms with Gasteiger partial charge in [-0.05, 0) is 52.1 Å². The van der Waals surface area contributed by atoms with Crippen LogP contribution in [0.5, 0.6) is 0 Å². The minimum atomic E-state index is 0.210. The molecule has 0 aliphatic carbocycles. The van der Waals surface area contributed by atoms with Gasteiger partial charge < -0.3 is 15.5 Å². The summed E-state index contributed by atoms with van der Waals surface area (Å²) in [5.41, 5.74) is 6.38. The summed E-state index contributed by atoms with van der Waals surface area (Å²) in [6.45, 7) is 11.4. The van der Waals surface area contributed by atoms with Gasteiger partial charge in [-0.15, -0.1) is 0 Å². The van der Waals surface area contributed by atoms with Crippen LogP contribution in [0, 0.1) is 0 Å². The van der Waals surface area contributed by atoms with Gasteiger partial charge in [0.25, 0.3) is 0 Å². The fourth-order valence-corrected chi connectivity index (χ4v) is 3.67. The molecule has 4 nitrogen and oxygen atoms in total. The van der Waals surface area contributed by atoms with E-state index in [1.807, 2.05) is 0 Å². The maximum atomic E-state index is 6.17. The monoisotopic (exact) mass is 266 g/mol. The van der Waals surface area contributed by atoms with E-state index in [0.717, 1.165) is 18.9 Å². The third-order valence-electron chi connectivity index (χ3n) is 4.87. The van der Waals surface area contributed by atoms with Crippen molar-refractivity contribution in [3.8, 4) is 0 Å². The van der Waals surface area contributed by atoms with Gasteiger partial charge in [0.05, 0.1) is 12.1 Å². The van der Waals surface area contributed by atoms with Crippen molar-refractivity contribution in [3.63, 3.8) is 0 Å². The fraction of sp³-hybridized carbons (Fsp3) is 0.933. The fourth-order valence-electron chi connectivity index (χ4n) is 3.67. The van der Waals surface area contributed by atoms with Crippen LogP contribution in [-0.4, -0.2) is 53.5 Å². The summed E-state index contributed by atoms with van der Waals surface area (Å²) in [4.78, 5) is 9.62. The molecular weight excluding hydrogens is 236 g/mol. The maximum Gasteiger partial charge on any atom is 0.192 e. The van der Waals surface area contributed by atoms with E-state index in [-0.39, 0.29) is 5.54 Å². The summed E-state index contributed by atoms with van der Waals surface area (Å²) < 4.78 is 0. The first-order valence-corrected chi connectivity index (χ1v) is 7.94. The average molecular weight is 266 g/mol. The molecule has 0 radical (unpaired) electrons. The summed E-state index contributed by atoms with van der Waals surface area (Å²) in [5.74, 6) is 0.776. The SMILES string of the molecule is CCCN1CCCC2(CC1)CN=C(N)N2C(C)CC. The van der Waals surface area contributed by atoms with E-state index in [1.54, 1.807) is 0 Å². The van der Waals surface area contributed by atoms with Crippen LogP contribution in [0.3, 0.4) is 0 Å². The zero-order valence-electron chi connectivity index (χ0n) is 12.9. The van der Waals surface area contributed by atoms with Crippen LogP contribution in [0.2, 0.25) is 0 Å². The molecule has 0 aromatic rings. The highest BCUT2D eigenvalue weighted by molar-refractivity contribution is 5.81. The number of hydrogen-bond donors (Lipinski definition) is 1. The minimum Gasteiger partial charge on any atom is -0.370 e. The van der Waals surface area contributed by atoms with Gasteiger partial charge in [-0.1, -0.05) is 13.8 Å². The molecule has 2 aliphatic rings. The van der Waals surface area contributed by atoms with Crippen molar-refractivity contribution in [1.82, 2.24) is 9.80 Å². The molecule has 0 saturated carbocycles. The van der Waals surface area contributed by atoms with E-state index in [1.165, 1.54) is 45.3 Å². The summed E-state index contributed by atoms with van der Waals surface area (Å²) >= 11 is 0. The molecule has 2 unspecified atom stereocenters. The van der Waals surface area contributed by atoms with E-state index >= 15 is 0 Å². The Morgan fingerprint density at radius 3 is 2.79 bits per heavy atom. The Morgan fingerprint density at radius 2 is 2.11 bits per heavy atom. The summed E-state index contributed by atoms with van der Waals surface area (Å²) in [6.07, 6.45) is 6.11. The lowest BCUT2D eigenvalue weighted by Gasteiger charge is -2.42. The van der Waals surface area contributed by atoms with Crippen molar-refractivity contribution in [2.75, 3.05) is 26.2 Å². The van der Waals surface area contributed by atoms with Gasteiger partial charge >= 0.3 is 0 Å². The molecule has 2 atom stereocenters. The molecule has 110 valence electrons. The predicted molar refractivity (Wildman–Crippen MR) is 81.4 cm³/mol. The second-order valence-electron chi connectivity index (χ2n) is 6.22. The van der Waals surface area contributed by atoms with Crippen molar-refractivity contribution >= 4 is 5.96 Å². The lowest BCUT2D eigenvalue weighted by atomic mass is 9.88. The lowest BCUT2D eigenvalue weighted by Crippen LogP contribution is -2.55. The summed E-state index contributed by atoms with van der Waals surface area (Å²) in [5, 5.41) is 0. The van der Waals surface area contributed by atoms with Gasteiger partial charge in [0, 0.05) is 12.6 Å². The van der Waals surface area contributed by atoms with Crippen LogP contribution in [0.25, 0.3) is 0 Å². The van der Waals surface area contributed by atoms with Crippen LogP contribution in [0.1, 0.15) is 52.9 Å². The molecule has 2 heterocycles.